The Kier molecular flexibility index (Phi) is 4.11. The van der Waals surface area contributed by atoms with Crippen molar-refractivity contribution in [3.8, 4) is 11.8 Å². The molecule has 2 unspecified atom stereocenters. The molecule has 0 bridgehead atoms. The smallest absolute Gasteiger partial charge is 0.139 e. The van der Waals surface area contributed by atoms with Gasteiger partial charge in [0.2, 0.25) is 0 Å². The molecule has 0 saturated heterocycles. The molecule has 96 valence electrons. The van der Waals surface area contributed by atoms with Crippen molar-refractivity contribution in [2.75, 3.05) is 0 Å². The van der Waals surface area contributed by atoms with E-state index in [1.807, 2.05) is 19.1 Å². The van der Waals surface area contributed by atoms with E-state index in [0.717, 1.165) is 5.56 Å². The van der Waals surface area contributed by atoms with Crippen molar-refractivity contribution in [3.05, 3.63) is 59.9 Å². The number of nitriles is 1. The molecular weight excluding hydrogens is 238 g/mol. The topological polar surface area (TPSA) is 71.9 Å². The fourth-order valence-electron chi connectivity index (χ4n) is 1.79. The first-order valence-electron chi connectivity index (χ1n) is 6.03. The van der Waals surface area contributed by atoms with Crippen molar-refractivity contribution >= 4 is 0 Å². The van der Waals surface area contributed by atoms with Crippen LogP contribution in [0.1, 0.15) is 24.2 Å². The molecule has 0 aliphatic carbocycles. The summed E-state index contributed by atoms with van der Waals surface area (Å²) < 4.78 is 5.90. The summed E-state index contributed by atoms with van der Waals surface area (Å²) in [4.78, 5) is 3.98. The second kappa shape index (κ2) is 5.98. The fraction of sp³-hybridized carbons (Fsp3) is 0.200. The van der Waals surface area contributed by atoms with Gasteiger partial charge in [0.25, 0.3) is 0 Å². The number of aromatic nitrogens is 1. The van der Waals surface area contributed by atoms with Crippen LogP contribution in [0.25, 0.3) is 0 Å². The van der Waals surface area contributed by atoms with Gasteiger partial charge in [-0.05, 0) is 48.9 Å². The average molecular weight is 253 g/mol. The quantitative estimate of drug-likeness (QED) is 0.908. The second-order valence-corrected chi connectivity index (χ2v) is 4.31. The number of hydrogen-bond acceptors (Lipinski definition) is 4. The highest BCUT2D eigenvalue weighted by Gasteiger charge is 2.18. The van der Waals surface area contributed by atoms with E-state index in [0.29, 0.717) is 11.3 Å². The standard InChI is InChI=1S/C15H15N3O/c1-11(17)15(13-6-8-18-9-7-13)19-14-4-2-12(10-16)3-5-14/h2-9,11,15H,17H2,1H3. The largest absolute Gasteiger partial charge is 0.484 e. The molecule has 0 amide bonds. The first kappa shape index (κ1) is 13.1. The molecule has 2 rings (SSSR count). The van der Waals surface area contributed by atoms with Gasteiger partial charge in [-0.1, -0.05) is 0 Å². The lowest BCUT2D eigenvalue weighted by Gasteiger charge is -2.22. The summed E-state index contributed by atoms with van der Waals surface area (Å²) in [6, 6.07) is 12.7. The minimum absolute atomic E-state index is 0.155. The van der Waals surface area contributed by atoms with Crippen LogP contribution in [0.4, 0.5) is 0 Å². The van der Waals surface area contributed by atoms with Crippen LogP contribution in [0, 0.1) is 11.3 Å². The first-order valence-corrected chi connectivity index (χ1v) is 6.03. The number of ether oxygens (including phenoxy) is 1. The monoisotopic (exact) mass is 253 g/mol. The summed E-state index contributed by atoms with van der Waals surface area (Å²) in [5.41, 5.74) is 7.56. The van der Waals surface area contributed by atoms with Crippen LogP contribution in [-0.4, -0.2) is 11.0 Å². The van der Waals surface area contributed by atoms with Crippen LogP contribution in [0.5, 0.6) is 5.75 Å². The molecule has 0 spiro atoms. The second-order valence-electron chi connectivity index (χ2n) is 4.31. The van der Waals surface area contributed by atoms with Gasteiger partial charge in [-0.15, -0.1) is 0 Å². The summed E-state index contributed by atoms with van der Waals surface area (Å²) in [6.07, 6.45) is 3.19. The highest BCUT2D eigenvalue weighted by molar-refractivity contribution is 5.35. The number of benzene rings is 1. The van der Waals surface area contributed by atoms with Gasteiger partial charge in [0.05, 0.1) is 11.6 Å². The molecule has 0 aliphatic rings. The molecule has 1 heterocycles. The Labute approximate surface area is 112 Å². The van der Waals surface area contributed by atoms with Gasteiger partial charge in [-0.3, -0.25) is 4.98 Å². The van der Waals surface area contributed by atoms with E-state index in [2.05, 4.69) is 11.1 Å². The number of rotatable bonds is 4. The van der Waals surface area contributed by atoms with E-state index in [1.54, 1.807) is 36.7 Å². The average Bonchev–Trinajstić information content (AvgIpc) is 2.46. The molecule has 4 heteroatoms. The third kappa shape index (κ3) is 3.30. The van der Waals surface area contributed by atoms with Gasteiger partial charge in [0.15, 0.2) is 0 Å². The van der Waals surface area contributed by atoms with Gasteiger partial charge >= 0.3 is 0 Å². The Balaban J connectivity index is 2.20. The zero-order valence-corrected chi connectivity index (χ0v) is 10.7. The lowest BCUT2D eigenvalue weighted by molar-refractivity contribution is 0.180. The summed E-state index contributed by atoms with van der Waals surface area (Å²) in [5.74, 6) is 0.693. The van der Waals surface area contributed by atoms with Gasteiger partial charge in [0, 0.05) is 18.4 Å². The molecular formula is C15H15N3O. The molecule has 2 N–H and O–H groups in total. The maximum Gasteiger partial charge on any atom is 0.139 e. The van der Waals surface area contributed by atoms with Crippen LogP contribution in [0.2, 0.25) is 0 Å². The predicted molar refractivity (Wildman–Crippen MR) is 72.4 cm³/mol. The Morgan fingerprint density at radius 2 is 1.79 bits per heavy atom. The Morgan fingerprint density at radius 1 is 1.16 bits per heavy atom. The van der Waals surface area contributed by atoms with Crippen LogP contribution >= 0.6 is 0 Å². The first-order chi connectivity index (χ1) is 9.20. The Morgan fingerprint density at radius 3 is 2.32 bits per heavy atom. The minimum Gasteiger partial charge on any atom is -0.484 e. The van der Waals surface area contributed by atoms with Crippen LogP contribution in [0.3, 0.4) is 0 Å². The maximum absolute atomic E-state index is 8.76. The predicted octanol–water partition coefficient (Wildman–Crippen LogP) is 2.42. The maximum atomic E-state index is 8.76. The molecule has 2 atom stereocenters. The zero-order valence-electron chi connectivity index (χ0n) is 10.7. The molecule has 4 nitrogen and oxygen atoms in total. The van der Waals surface area contributed by atoms with E-state index >= 15 is 0 Å². The van der Waals surface area contributed by atoms with Crippen LogP contribution in [0.15, 0.2) is 48.8 Å². The molecule has 1 aromatic carbocycles. The number of nitrogens with zero attached hydrogens (tertiary/aromatic N) is 2. The lowest BCUT2D eigenvalue weighted by Crippen LogP contribution is -2.29. The molecule has 2 aromatic rings. The zero-order chi connectivity index (χ0) is 13.7. The Hall–Kier alpha value is -2.38. The molecule has 1 aromatic heterocycles. The third-order valence-corrected chi connectivity index (χ3v) is 2.76. The summed E-state index contributed by atoms with van der Waals surface area (Å²) in [7, 11) is 0. The fourth-order valence-corrected chi connectivity index (χ4v) is 1.79. The van der Waals surface area contributed by atoms with E-state index < -0.39 is 0 Å². The summed E-state index contributed by atoms with van der Waals surface area (Å²) in [5, 5.41) is 8.76. The van der Waals surface area contributed by atoms with E-state index in [1.165, 1.54) is 0 Å². The normalized spacial score (nSPS) is 13.3. The number of pyridine rings is 1. The number of hydrogen-bond donors (Lipinski definition) is 1. The van der Waals surface area contributed by atoms with Crippen molar-refractivity contribution < 1.29 is 4.74 Å². The van der Waals surface area contributed by atoms with Crippen LogP contribution < -0.4 is 10.5 Å². The lowest BCUT2D eigenvalue weighted by atomic mass is 10.1. The summed E-state index contributed by atoms with van der Waals surface area (Å²) >= 11 is 0. The third-order valence-electron chi connectivity index (χ3n) is 2.76. The highest BCUT2D eigenvalue weighted by Crippen LogP contribution is 2.24. The van der Waals surface area contributed by atoms with Crippen molar-refractivity contribution in [2.45, 2.75) is 19.1 Å². The highest BCUT2D eigenvalue weighted by atomic mass is 16.5. The van der Waals surface area contributed by atoms with E-state index in [4.69, 9.17) is 15.7 Å². The summed E-state index contributed by atoms with van der Waals surface area (Å²) in [6.45, 7) is 1.90. The van der Waals surface area contributed by atoms with Crippen molar-refractivity contribution in [1.29, 1.82) is 5.26 Å². The molecule has 0 aliphatic heterocycles. The van der Waals surface area contributed by atoms with Crippen molar-refractivity contribution in [3.63, 3.8) is 0 Å². The molecule has 0 saturated carbocycles. The van der Waals surface area contributed by atoms with E-state index in [9.17, 15) is 0 Å². The van der Waals surface area contributed by atoms with Gasteiger partial charge in [-0.2, -0.15) is 5.26 Å². The van der Waals surface area contributed by atoms with Gasteiger partial charge in [0.1, 0.15) is 11.9 Å². The molecule has 0 radical (unpaired) electrons. The van der Waals surface area contributed by atoms with Gasteiger partial charge in [-0.25, -0.2) is 0 Å². The molecule has 19 heavy (non-hydrogen) atoms. The van der Waals surface area contributed by atoms with Gasteiger partial charge < -0.3 is 10.5 Å². The van der Waals surface area contributed by atoms with E-state index in [-0.39, 0.29) is 12.1 Å². The van der Waals surface area contributed by atoms with Crippen LogP contribution in [-0.2, 0) is 0 Å². The SMILES string of the molecule is CC(N)C(Oc1ccc(C#N)cc1)c1ccncc1. The molecule has 0 fully saturated rings. The Bertz CT molecular complexity index is 558. The number of nitrogens with two attached hydrogens (primary N) is 1. The van der Waals surface area contributed by atoms with Crippen molar-refractivity contribution in [2.24, 2.45) is 5.73 Å². The minimum atomic E-state index is -0.240. The van der Waals surface area contributed by atoms with Crippen molar-refractivity contribution in [1.82, 2.24) is 4.98 Å².